The molecule has 2 aromatic carbocycles. The quantitative estimate of drug-likeness (QED) is 0.739. The SMILES string of the molecule is COC[C@@](O)(CNS(=O)(=O)c1ccc(OC)c(F)c1)c1ccccc1. The minimum Gasteiger partial charge on any atom is -0.494 e. The molecular weight excluding hydrogens is 349 g/mol. The zero-order chi connectivity index (χ0) is 18.5. The smallest absolute Gasteiger partial charge is 0.240 e. The van der Waals surface area contributed by atoms with Gasteiger partial charge >= 0.3 is 0 Å². The molecule has 2 aromatic rings. The number of aliphatic hydroxyl groups is 1. The summed E-state index contributed by atoms with van der Waals surface area (Å²) >= 11 is 0. The predicted molar refractivity (Wildman–Crippen MR) is 90.4 cm³/mol. The molecule has 0 unspecified atom stereocenters. The number of benzene rings is 2. The highest BCUT2D eigenvalue weighted by atomic mass is 32.2. The van der Waals surface area contributed by atoms with Gasteiger partial charge in [0.25, 0.3) is 0 Å². The van der Waals surface area contributed by atoms with Gasteiger partial charge in [0.1, 0.15) is 5.60 Å². The molecule has 0 aliphatic rings. The first kappa shape index (κ1) is 19.3. The Kier molecular flexibility index (Phi) is 6.12. The summed E-state index contributed by atoms with van der Waals surface area (Å²) in [7, 11) is -1.34. The predicted octanol–water partition coefficient (Wildman–Crippen LogP) is 1.65. The van der Waals surface area contributed by atoms with Crippen molar-refractivity contribution in [2.24, 2.45) is 0 Å². The summed E-state index contributed by atoms with van der Waals surface area (Å²) in [5.74, 6) is -0.847. The molecule has 6 nitrogen and oxygen atoms in total. The maximum absolute atomic E-state index is 13.8. The molecule has 0 bridgehead atoms. The fourth-order valence-corrected chi connectivity index (χ4v) is 3.44. The van der Waals surface area contributed by atoms with E-state index in [1.807, 2.05) is 0 Å². The van der Waals surface area contributed by atoms with Crippen LogP contribution in [0.3, 0.4) is 0 Å². The van der Waals surface area contributed by atoms with Gasteiger partial charge in [-0.25, -0.2) is 17.5 Å². The molecule has 0 amide bonds. The lowest BCUT2D eigenvalue weighted by molar-refractivity contribution is -0.0310. The fraction of sp³-hybridized carbons (Fsp3) is 0.294. The van der Waals surface area contributed by atoms with Crippen LogP contribution in [0.4, 0.5) is 4.39 Å². The number of rotatable bonds is 8. The number of methoxy groups -OCH3 is 2. The summed E-state index contributed by atoms with van der Waals surface area (Å²) in [5, 5.41) is 10.8. The third-order valence-electron chi connectivity index (χ3n) is 3.68. The Morgan fingerprint density at radius 2 is 1.84 bits per heavy atom. The summed E-state index contributed by atoms with van der Waals surface area (Å²) in [5.41, 5.74) is -1.06. The molecular formula is C17H20FNO5S. The number of sulfonamides is 1. The number of hydrogen-bond donors (Lipinski definition) is 2. The van der Waals surface area contributed by atoms with Crippen molar-refractivity contribution in [2.75, 3.05) is 27.4 Å². The molecule has 0 aliphatic heterocycles. The number of hydrogen-bond acceptors (Lipinski definition) is 5. The fourth-order valence-electron chi connectivity index (χ4n) is 2.34. The normalized spacial score (nSPS) is 14.1. The van der Waals surface area contributed by atoms with Gasteiger partial charge < -0.3 is 14.6 Å². The van der Waals surface area contributed by atoms with E-state index in [0.717, 1.165) is 6.07 Å². The summed E-state index contributed by atoms with van der Waals surface area (Å²) < 4.78 is 50.6. The van der Waals surface area contributed by atoms with Crippen LogP contribution in [0.2, 0.25) is 0 Å². The van der Waals surface area contributed by atoms with E-state index in [4.69, 9.17) is 9.47 Å². The van der Waals surface area contributed by atoms with Crippen molar-refractivity contribution in [1.29, 1.82) is 0 Å². The number of ether oxygens (including phenoxy) is 2. The van der Waals surface area contributed by atoms with Crippen LogP contribution in [0.25, 0.3) is 0 Å². The molecule has 25 heavy (non-hydrogen) atoms. The first-order valence-corrected chi connectivity index (χ1v) is 8.91. The van der Waals surface area contributed by atoms with Crippen LogP contribution in [0.15, 0.2) is 53.4 Å². The lowest BCUT2D eigenvalue weighted by Gasteiger charge is -2.28. The van der Waals surface area contributed by atoms with Crippen LogP contribution in [-0.2, 0) is 20.4 Å². The molecule has 0 saturated carbocycles. The maximum atomic E-state index is 13.8. The topological polar surface area (TPSA) is 84.9 Å². The zero-order valence-electron chi connectivity index (χ0n) is 13.9. The Labute approximate surface area is 146 Å². The second-order valence-electron chi connectivity index (χ2n) is 5.45. The van der Waals surface area contributed by atoms with Crippen LogP contribution in [-0.4, -0.2) is 40.9 Å². The van der Waals surface area contributed by atoms with E-state index in [0.29, 0.717) is 5.56 Å². The largest absolute Gasteiger partial charge is 0.494 e. The van der Waals surface area contributed by atoms with Crippen LogP contribution in [0.5, 0.6) is 5.75 Å². The zero-order valence-corrected chi connectivity index (χ0v) is 14.7. The lowest BCUT2D eigenvalue weighted by atomic mass is 9.95. The Bertz CT molecular complexity index is 813. The summed E-state index contributed by atoms with van der Waals surface area (Å²) in [6.45, 7) is -0.447. The van der Waals surface area contributed by atoms with Crippen LogP contribution < -0.4 is 9.46 Å². The van der Waals surface area contributed by atoms with Crippen molar-refractivity contribution in [1.82, 2.24) is 4.72 Å². The lowest BCUT2D eigenvalue weighted by Crippen LogP contribution is -2.43. The Morgan fingerprint density at radius 3 is 2.40 bits per heavy atom. The standard InChI is InChI=1S/C17H20FNO5S/c1-23-12-17(20,13-6-4-3-5-7-13)11-19-25(21,22)14-8-9-16(24-2)15(18)10-14/h3-10,19-20H,11-12H2,1-2H3/t17-/m0/s1. The second kappa shape index (κ2) is 7.92. The van der Waals surface area contributed by atoms with Crippen molar-refractivity contribution in [3.05, 3.63) is 59.9 Å². The van der Waals surface area contributed by atoms with Crippen molar-refractivity contribution >= 4 is 10.0 Å². The van der Waals surface area contributed by atoms with Crippen molar-refractivity contribution in [3.8, 4) is 5.75 Å². The van der Waals surface area contributed by atoms with Gasteiger partial charge in [0.15, 0.2) is 11.6 Å². The highest BCUT2D eigenvalue weighted by Gasteiger charge is 2.31. The maximum Gasteiger partial charge on any atom is 0.240 e. The van der Waals surface area contributed by atoms with E-state index in [2.05, 4.69) is 4.72 Å². The Balaban J connectivity index is 2.23. The van der Waals surface area contributed by atoms with E-state index in [9.17, 15) is 17.9 Å². The molecule has 0 aliphatic carbocycles. The number of halogens is 1. The molecule has 8 heteroatoms. The molecule has 2 N–H and O–H groups in total. The molecule has 0 spiro atoms. The van der Waals surface area contributed by atoms with Gasteiger partial charge in [-0.2, -0.15) is 0 Å². The van der Waals surface area contributed by atoms with Crippen LogP contribution >= 0.6 is 0 Å². The minimum absolute atomic E-state index is 0.0564. The monoisotopic (exact) mass is 369 g/mol. The third kappa shape index (κ3) is 4.55. The second-order valence-corrected chi connectivity index (χ2v) is 7.22. The van der Waals surface area contributed by atoms with Gasteiger partial charge in [-0.3, -0.25) is 0 Å². The van der Waals surface area contributed by atoms with E-state index in [1.165, 1.54) is 26.4 Å². The van der Waals surface area contributed by atoms with E-state index >= 15 is 0 Å². The van der Waals surface area contributed by atoms with E-state index in [1.54, 1.807) is 30.3 Å². The highest BCUT2D eigenvalue weighted by molar-refractivity contribution is 7.89. The molecule has 2 rings (SSSR count). The van der Waals surface area contributed by atoms with Crippen molar-refractivity contribution in [2.45, 2.75) is 10.5 Å². The van der Waals surface area contributed by atoms with Crippen molar-refractivity contribution in [3.63, 3.8) is 0 Å². The van der Waals surface area contributed by atoms with E-state index < -0.39 is 21.4 Å². The molecule has 1 atom stereocenters. The average Bonchev–Trinajstić information content (AvgIpc) is 2.61. The number of nitrogens with one attached hydrogen (secondary N) is 1. The molecule has 0 saturated heterocycles. The van der Waals surface area contributed by atoms with Gasteiger partial charge in [-0.05, 0) is 23.8 Å². The van der Waals surface area contributed by atoms with Crippen LogP contribution in [0, 0.1) is 5.82 Å². The minimum atomic E-state index is -4.03. The summed E-state index contributed by atoms with van der Waals surface area (Å²) in [6, 6.07) is 11.9. The van der Waals surface area contributed by atoms with Crippen molar-refractivity contribution < 1.29 is 27.4 Å². The first-order chi connectivity index (χ1) is 11.8. The molecule has 0 heterocycles. The van der Waals surface area contributed by atoms with Gasteiger partial charge in [-0.15, -0.1) is 0 Å². The van der Waals surface area contributed by atoms with E-state index in [-0.39, 0.29) is 23.8 Å². The Morgan fingerprint density at radius 1 is 1.16 bits per heavy atom. The Hall–Kier alpha value is -2.00. The third-order valence-corrected chi connectivity index (χ3v) is 5.08. The molecule has 0 radical (unpaired) electrons. The average molecular weight is 369 g/mol. The molecule has 136 valence electrons. The summed E-state index contributed by atoms with van der Waals surface area (Å²) in [6.07, 6.45) is 0. The molecule has 0 aromatic heterocycles. The van der Waals surface area contributed by atoms with Gasteiger partial charge in [0, 0.05) is 13.7 Å². The highest BCUT2D eigenvalue weighted by Crippen LogP contribution is 2.23. The first-order valence-electron chi connectivity index (χ1n) is 7.42. The van der Waals surface area contributed by atoms with Crippen LogP contribution in [0.1, 0.15) is 5.56 Å². The molecule has 0 fully saturated rings. The summed E-state index contributed by atoms with van der Waals surface area (Å²) in [4.78, 5) is -0.265. The van der Waals surface area contributed by atoms with Gasteiger partial charge in [0.2, 0.25) is 10.0 Å². The van der Waals surface area contributed by atoms with Gasteiger partial charge in [-0.1, -0.05) is 30.3 Å². The van der Waals surface area contributed by atoms with Gasteiger partial charge in [0.05, 0.1) is 18.6 Å².